The Morgan fingerprint density at radius 2 is 2.37 bits per heavy atom. The van der Waals surface area contributed by atoms with Crippen molar-refractivity contribution in [1.82, 2.24) is 19.5 Å². The second-order valence-electron chi connectivity index (χ2n) is 4.96. The number of halogens is 1. The van der Waals surface area contributed by atoms with Gasteiger partial charge in [-0.1, -0.05) is 6.92 Å². The van der Waals surface area contributed by atoms with Crippen LogP contribution >= 0.6 is 15.9 Å². The topological polar surface area (TPSA) is 45.5 Å². The van der Waals surface area contributed by atoms with Crippen LogP contribution in [0.5, 0.6) is 0 Å². The second-order valence-corrected chi connectivity index (χ2v) is 5.88. The summed E-state index contributed by atoms with van der Waals surface area (Å²) < 4.78 is 2.80. The number of nitrogens with one attached hydrogen (secondary N) is 1. The number of fused-ring (bicyclic) bond motifs is 1. The third-order valence-corrected chi connectivity index (χ3v) is 4.05. The van der Waals surface area contributed by atoms with E-state index in [-0.39, 0.29) is 0 Å². The molecule has 3 rings (SSSR count). The van der Waals surface area contributed by atoms with Crippen molar-refractivity contribution < 1.29 is 0 Å². The molecule has 2 aromatic heterocycles. The highest BCUT2D eigenvalue weighted by Crippen LogP contribution is 2.16. The van der Waals surface area contributed by atoms with Crippen LogP contribution in [0.3, 0.4) is 0 Å². The summed E-state index contributed by atoms with van der Waals surface area (Å²) in [6, 6.07) is 4.39. The number of likely N-dealkylation sites (N-methyl/N-ethyl adjacent to an activating group) is 1. The monoisotopic (exact) mass is 323 g/mol. The van der Waals surface area contributed by atoms with E-state index in [2.05, 4.69) is 43.2 Å². The lowest BCUT2D eigenvalue weighted by Crippen LogP contribution is -2.42. The molecule has 0 bridgehead atoms. The zero-order valence-corrected chi connectivity index (χ0v) is 12.6. The molecular weight excluding hydrogens is 306 g/mol. The molecule has 0 aliphatic carbocycles. The third kappa shape index (κ3) is 2.90. The van der Waals surface area contributed by atoms with Crippen LogP contribution in [0.25, 0.3) is 5.65 Å². The molecule has 3 heterocycles. The van der Waals surface area contributed by atoms with E-state index in [1.807, 2.05) is 18.3 Å². The fourth-order valence-corrected chi connectivity index (χ4v) is 2.89. The van der Waals surface area contributed by atoms with E-state index >= 15 is 0 Å². The van der Waals surface area contributed by atoms with Gasteiger partial charge < -0.3 is 10.2 Å². The molecule has 1 saturated heterocycles. The molecule has 1 atom stereocenters. The van der Waals surface area contributed by atoms with Gasteiger partial charge in [0.25, 0.3) is 0 Å². The molecule has 1 unspecified atom stereocenters. The van der Waals surface area contributed by atoms with Crippen LogP contribution < -0.4 is 5.32 Å². The van der Waals surface area contributed by atoms with Gasteiger partial charge in [0.15, 0.2) is 5.65 Å². The van der Waals surface area contributed by atoms with Crippen molar-refractivity contribution in [1.29, 1.82) is 0 Å². The average Bonchev–Trinajstić information content (AvgIpc) is 2.80. The van der Waals surface area contributed by atoms with Gasteiger partial charge >= 0.3 is 0 Å². The molecule has 1 aliphatic heterocycles. The summed E-state index contributed by atoms with van der Waals surface area (Å²) in [7, 11) is 0. The molecule has 1 aliphatic rings. The molecule has 0 spiro atoms. The maximum atomic E-state index is 4.50. The van der Waals surface area contributed by atoms with Crippen molar-refractivity contribution in [2.75, 3.05) is 25.0 Å². The maximum Gasteiger partial charge on any atom is 0.243 e. The van der Waals surface area contributed by atoms with Gasteiger partial charge in [-0.3, -0.25) is 0 Å². The SMILES string of the molecule is CCN1CCCC(Nc2nc3ccc(Br)cn3n2)C1. The van der Waals surface area contributed by atoms with E-state index in [0.717, 1.165) is 29.2 Å². The molecule has 19 heavy (non-hydrogen) atoms. The highest BCUT2D eigenvalue weighted by atomic mass is 79.9. The molecule has 0 aromatic carbocycles. The predicted molar refractivity (Wildman–Crippen MR) is 79.4 cm³/mol. The number of pyridine rings is 1. The smallest absolute Gasteiger partial charge is 0.243 e. The van der Waals surface area contributed by atoms with Gasteiger partial charge in [-0.15, -0.1) is 5.10 Å². The van der Waals surface area contributed by atoms with Crippen LogP contribution in [-0.4, -0.2) is 45.2 Å². The minimum Gasteiger partial charge on any atom is -0.349 e. The highest BCUT2D eigenvalue weighted by Gasteiger charge is 2.19. The van der Waals surface area contributed by atoms with Gasteiger partial charge in [-0.25, -0.2) is 4.52 Å². The molecule has 6 heteroatoms. The Hall–Kier alpha value is -1.14. The number of hydrogen-bond donors (Lipinski definition) is 1. The van der Waals surface area contributed by atoms with Gasteiger partial charge in [-0.05, 0) is 54.0 Å². The Morgan fingerprint density at radius 3 is 3.21 bits per heavy atom. The lowest BCUT2D eigenvalue weighted by molar-refractivity contribution is 0.226. The van der Waals surface area contributed by atoms with Crippen LogP contribution in [0.4, 0.5) is 5.95 Å². The van der Waals surface area contributed by atoms with Crippen LogP contribution in [-0.2, 0) is 0 Å². The van der Waals surface area contributed by atoms with Crippen LogP contribution in [0, 0.1) is 0 Å². The molecule has 1 fully saturated rings. The lowest BCUT2D eigenvalue weighted by atomic mass is 10.1. The molecule has 0 radical (unpaired) electrons. The summed E-state index contributed by atoms with van der Waals surface area (Å²) in [5, 5.41) is 7.92. The fraction of sp³-hybridized carbons (Fsp3) is 0.538. The van der Waals surface area contributed by atoms with Gasteiger partial charge in [0.2, 0.25) is 5.95 Å². The van der Waals surface area contributed by atoms with Gasteiger partial charge in [0, 0.05) is 23.3 Å². The van der Waals surface area contributed by atoms with Crippen LogP contribution in [0.1, 0.15) is 19.8 Å². The van der Waals surface area contributed by atoms with Crippen molar-refractivity contribution in [3.63, 3.8) is 0 Å². The minimum atomic E-state index is 0.453. The van der Waals surface area contributed by atoms with Crippen molar-refractivity contribution in [3.05, 3.63) is 22.8 Å². The van der Waals surface area contributed by atoms with Gasteiger partial charge in [-0.2, -0.15) is 4.98 Å². The predicted octanol–water partition coefficient (Wildman–Crippen LogP) is 2.39. The molecule has 2 aromatic rings. The molecular formula is C13H18BrN5. The average molecular weight is 324 g/mol. The number of piperidine rings is 1. The molecule has 0 amide bonds. The zero-order valence-electron chi connectivity index (χ0n) is 11.0. The lowest BCUT2D eigenvalue weighted by Gasteiger charge is -2.31. The van der Waals surface area contributed by atoms with Crippen molar-refractivity contribution in [2.45, 2.75) is 25.8 Å². The quantitative estimate of drug-likeness (QED) is 0.942. The summed E-state index contributed by atoms with van der Waals surface area (Å²) in [4.78, 5) is 6.97. The van der Waals surface area contributed by atoms with Gasteiger partial charge in [0.1, 0.15) is 0 Å². The van der Waals surface area contributed by atoms with E-state index in [1.54, 1.807) is 4.52 Å². The second kappa shape index (κ2) is 5.46. The van der Waals surface area contributed by atoms with E-state index < -0.39 is 0 Å². The zero-order chi connectivity index (χ0) is 13.2. The summed E-state index contributed by atoms with van der Waals surface area (Å²) in [6.07, 6.45) is 4.35. The van der Waals surface area contributed by atoms with Crippen molar-refractivity contribution in [3.8, 4) is 0 Å². The van der Waals surface area contributed by atoms with E-state index in [0.29, 0.717) is 6.04 Å². The first-order valence-electron chi connectivity index (χ1n) is 6.75. The summed E-state index contributed by atoms with van der Waals surface area (Å²) in [6.45, 7) is 5.61. The van der Waals surface area contributed by atoms with E-state index in [1.165, 1.54) is 19.4 Å². The minimum absolute atomic E-state index is 0.453. The molecule has 5 nitrogen and oxygen atoms in total. The number of nitrogens with zero attached hydrogens (tertiary/aromatic N) is 4. The Kier molecular flexibility index (Phi) is 3.70. The molecule has 1 N–H and O–H groups in total. The Labute approximate surface area is 121 Å². The number of anilines is 1. The number of hydrogen-bond acceptors (Lipinski definition) is 4. The van der Waals surface area contributed by atoms with Crippen molar-refractivity contribution >= 4 is 27.5 Å². The van der Waals surface area contributed by atoms with Crippen LogP contribution in [0.2, 0.25) is 0 Å². The normalized spacial score (nSPS) is 20.8. The fourth-order valence-electron chi connectivity index (χ4n) is 2.56. The first-order chi connectivity index (χ1) is 9.24. The molecule has 0 saturated carbocycles. The van der Waals surface area contributed by atoms with E-state index in [9.17, 15) is 0 Å². The third-order valence-electron chi connectivity index (χ3n) is 3.58. The first-order valence-corrected chi connectivity index (χ1v) is 7.54. The highest BCUT2D eigenvalue weighted by molar-refractivity contribution is 9.10. The summed E-state index contributed by atoms with van der Waals surface area (Å²) >= 11 is 3.44. The van der Waals surface area contributed by atoms with Crippen LogP contribution in [0.15, 0.2) is 22.8 Å². The largest absolute Gasteiger partial charge is 0.349 e. The summed E-state index contributed by atoms with van der Waals surface area (Å²) in [5.41, 5.74) is 0.869. The standard InChI is InChI=1S/C13H18BrN5/c1-2-18-7-3-4-11(9-18)15-13-16-12-6-5-10(14)8-19(12)17-13/h5-6,8,11H,2-4,7,9H2,1H3,(H,15,17). The summed E-state index contributed by atoms with van der Waals surface area (Å²) in [5.74, 6) is 0.723. The first kappa shape index (κ1) is 12.9. The number of rotatable bonds is 3. The molecule has 102 valence electrons. The Bertz CT molecular complexity index is 567. The maximum absolute atomic E-state index is 4.50. The Balaban J connectivity index is 1.74. The van der Waals surface area contributed by atoms with Gasteiger partial charge in [0.05, 0.1) is 0 Å². The Morgan fingerprint density at radius 1 is 1.47 bits per heavy atom. The number of aromatic nitrogens is 3. The van der Waals surface area contributed by atoms with E-state index in [4.69, 9.17) is 0 Å². The van der Waals surface area contributed by atoms with Crippen molar-refractivity contribution in [2.24, 2.45) is 0 Å². The number of likely N-dealkylation sites (tertiary alicyclic amines) is 1.